The maximum absolute atomic E-state index is 13.7. The van der Waals surface area contributed by atoms with Crippen molar-refractivity contribution in [1.82, 2.24) is 20.5 Å². The van der Waals surface area contributed by atoms with Crippen LogP contribution < -0.4 is 10.1 Å². The van der Waals surface area contributed by atoms with Crippen LogP contribution in [0, 0.1) is 5.82 Å². The highest BCUT2D eigenvalue weighted by atomic mass is 35.5. The first-order valence-electron chi connectivity index (χ1n) is 14.0. The van der Waals surface area contributed by atoms with Gasteiger partial charge in [-0.1, -0.05) is 43.6 Å². The number of aromatic nitrogens is 3. The molecule has 0 bridgehead atoms. The average Bonchev–Trinajstić information content (AvgIpc) is 3.55. The van der Waals surface area contributed by atoms with Crippen molar-refractivity contribution in [3.05, 3.63) is 82.0 Å². The van der Waals surface area contributed by atoms with Crippen LogP contribution >= 0.6 is 11.6 Å². The van der Waals surface area contributed by atoms with E-state index in [4.69, 9.17) is 21.1 Å². The van der Waals surface area contributed by atoms with Crippen molar-refractivity contribution in [3.8, 4) is 16.9 Å². The van der Waals surface area contributed by atoms with Crippen LogP contribution in [0.4, 0.5) is 4.39 Å². The number of H-pyrrole nitrogens is 2. The Labute approximate surface area is 243 Å². The normalized spacial score (nSPS) is 11.4. The summed E-state index contributed by atoms with van der Waals surface area (Å²) in [5.41, 5.74) is 5.67. The minimum absolute atomic E-state index is 0.264. The Morgan fingerprint density at radius 3 is 2.68 bits per heavy atom. The fraction of sp³-hybridized carbons (Fsp3) is 0.312. The van der Waals surface area contributed by atoms with E-state index in [9.17, 15) is 9.18 Å². The smallest absolute Gasteiger partial charge is 0.355 e. The number of nitrogens with one attached hydrogen (secondary N) is 3. The number of hydrogen-bond donors (Lipinski definition) is 3. The van der Waals surface area contributed by atoms with Crippen molar-refractivity contribution in [2.24, 2.45) is 0 Å². The number of rotatable bonds is 12. The molecule has 0 spiro atoms. The number of aromatic amines is 2. The number of nitrogens with zero attached hydrogens (tertiary/aromatic N) is 1. The van der Waals surface area contributed by atoms with E-state index >= 15 is 0 Å². The van der Waals surface area contributed by atoms with Crippen LogP contribution in [0.15, 0.2) is 48.5 Å². The molecule has 0 saturated heterocycles. The van der Waals surface area contributed by atoms with Crippen LogP contribution in [0.25, 0.3) is 32.8 Å². The molecule has 0 saturated carbocycles. The minimum atomic E-state index is -0.409. The minimum Gasteiger partial charge on any atom is -0.493 e. The molecule has 9 heteroatoms. The molecule has 3 N–H and O–H groups in total. The summed E-state index contributed by atoms with van der Waals surface area (Å²) in [5.74, 6) is 0.00473. The summed E-state index contributed by atoms with van der Waals surface area (Å²) in [5, 5.41) is 14.2. The Bertz CT molecular complexity index is 1690. The lowest BCUT2D eigenvalue weighted by Crippen LogP contribution is -2.12. The highest BCUT2D eigenvalue weighted by Gasteiger charge is 2.25. The molecule has 5 rings (SSSR count). The first-order valence-corrected chi connectivity index (χ1v) is 14.4. The number of carbonyl (C=O) groups excluding carboxylic acids is 1. The number of aryl methyl sites for hydroxylation is 2. The third-order valence-electron chi connectivity index (χ3n) is 7.19. The highest BCUT2D eigenvalue weighted by Crippen LogP contribution is 2.40. The molecule has 0 aliphatic carbocycles. The molecule has 41 heavy (non-hydrogen) atoms. The Balaban J connectivity index is 1.49. The quantitative estimate of drug-likeness (QED) is 0.107. The maximum Gasteiger partial charge on any atom is 0.355 e. The number of hydrogen-bond acceptors (Lipinski definition) is 5. The molecule has 0 aliphatic rings. The average molecular weight is 577 g/mol. The second-order valence-electron chi connectivity index (χ2n) is 9.78. The summed E-state index contributed by atoms with van der Waals surface area (Å²) in [7, 11) is 0. The van der Waals surface area contributed by atoms with Gasteiger partial charge < -0.3 is 19.8 Å². The summed E-state index contributed by atoms with van der Waals surface area (Å²) in [6.45, 7) is 8.01. The van der Waals surface area contributed by atoms with Crippen molar-refractivity contribution < 1.29 is 18.7 Å². The van der Waals surface area contributed by atoms with Crippen molar-refractivity contribution in [1.29, 1.82) is 0 Å². The molecule has 214 valence electrons. The fourth-order valence-electron chi connectivity index (χ4n) is 5.31. The maximum atomic E-state index is 13.7. The third kappa shape index (κ3) is 5.80. The van der Waals surface area contributed by atoms with Gasteiger partial charge in [0.1, 0.15) is 17.3 Å². The number of benzene rings is 3. The van der Waals surface area contributed by atoms with Gasteiger partial charge in [-0.2, -0.15) is 5.10 Å². The number of esters is 1. The molecule has 2 aromatic heterocycles. The summed E-state index contributed by atoms with van der Waals surface area (Å²) in [6, 6.07) is 14.1. The third-order valence-corrected chi connectivity index (χ3v) is 7.51. The van der Waals surface area contributed by atoms with E-state index in [1.165, 1.54) is 12.1 Å². The molecule has 0 radical (unpaired) electrons. The van der Waals surface area contributed by atoms with Crippen LogP contribution in [-0.2, 0) is 24.1 Å². The first-order chi connectivity index (χ1) is 20.0. The van der Waals surface area contributed by atoms with E-state index in [1.807, 2.05) is 30.3 Å². The number of ether oxygens (including phenoxy) is 2. The number of halogens is 2. The summed E-state index contributed by atoms with van der Waals surface area (Å²) in [6.07, 6.45) is 1.94. The first kappa shape index (κ1) is 28.6. The van der Waals surface area contributed by atoms with Gasteiger partial charge in [-0.15, -0.1) is 0 Å². The van der Waals surface area contributed by atoms with Crippen molar-refractivity contribution >= 4 is 39.2 Å². The van der Waals surface area contributed by atoms with Gasteiger partial charge in [0.2, 0.25) is 0 Å². The van der Waals surface area contributed by atoms with Crippen LogP contribution in [0.5, 0.6) is 5.75 Å². The predicted octanol–water partition coefficient (Wildman–Crippen LogP) is 7.36. The van der Waals surface area contributed by atoms with Crippen molar-refractivity contribution in [2.45, 2.75) is 46.6 Å². The molecule has 7 nitrogen and oxygen atoms in total. The topological polar surface area (TPSA) is 92.0 Å². The van der Waals surface area contributed by atoms with Crippen LogP contribution in [0.1, 0.15) is 54.6 Å². The SMILES string of the molecule is CCNCc1[nH]nc(CC)c1-c1c(Cl)ccc2c(CCCOc3cccc4cc(F)ccc34)c(C(=O)OCC)[nH]c12. The lowest BCUT2D eigenvalue weighted by atomic mass is 9.97. The lowest BCUT2D eigenvalue weighted by molar-refractivity contribution is 0.0519. The second kappa shape index (κ2) is 12.7. The summed E-state index contributed by atoms with van der Waals surface area (Å²) in [4.78, 5) is 16.5. The Morgan fingerprint density at radius 1 is 1.07 bits per heavy atom. The van der Waals surface area contributed by atoms with Crippen LogP contribution in [0.2, 0.25) is 5.02 Å². The van der Waals surface area contributed by atoms with Gasteiger partial charge in [0.15, 0.2) is 0 Å². The van der Waals surface area contributed by atoms with E-state index < -0.39 is 5.97 Å². The zero-order valence-electron chi connectivity index (χ0n) is 23.5. The Morgan fingerprint density at radius 2 is 1.90 bits per heavy atom. The van der Waals surface area contributed by atoms with Crippen molar-refractivity contribution in [3.63, 3.8) is 0 Å². The zero-order chi connectivity index (χ0) is 28.9. The number of fused-ring (bicyclic) bond motifs is 2. The summed E-state index contributed by atoms with van der Waals surface area (Å²) >= 11 is 6.84. The van der Waals surface area contributed by atoms with E-state index in [0.29, 0.717) is 42.5 Å². The van der Waals surface area contributed by atoms with E-state index in [-0.39, 0.29) is 12.4 Å². The predicted molar refractivity (Wildman–Crippen MR) is 161 cm³/mol. The number of carbonyl (C=O) groups is 1. The largest absolute Gasteiger partial charge is 0.493 e. The van der Waals surface area contributed by atoms with Gasteiger partial charge in [-0.3, -0.25) is 5.10 Å². The summed E-state index contributed by atoms with van der Waals surface area (Å²) < 4.78 is 25.2. The molecular weight excluding hydrogens is 543 g/mol. The molecular formula is C32H34ClFN4O3. The Hall–Kier alpha value is -3.88. The molecule has 2 heterocycles. The van der Waals surface area contributed by atoms with Crippen LogP contribution in [0.3, 0.4) is 0 Å². The highest BCUT2D eigenvalue weighted by molar-refractivity contribution is 6.35. The van der Waals surface area contributed by atoms with E-state index in [2.05, 4.69) is 34.3 Å². The lowest BCUT2D eigenvalue weighted by Gasteiger charge is -2.11. The molecule has 0 unspecified atom stereocenters. The monoisotopic (exact) mass is 576 g/mol. The van der Waals surface area contributed by atoms with Crippen molar-refractivity contribution in [2.75, 3.05) is 19.8 Å². The molecule has 0 aliphatic heterocycles. The second-order valence-corrected chi connectivity index (χ2v) is 10.2. The molecule has 0 fully saturated rings. The van der Waals surface area contributed by atoms with Gasteiger partial charge >= 0.3 is 5.97 Å². The molecule has 0 atom stereocenters. The van der Waals surface area contributed by atoms with E-state index in [1.54, 1.807) is 13.0 Å². The molecule has 3 aromatic carbocycles. The zero-order valence-corrected chi connectivity index (χ0v) is 24.3. The van der Waals surface area contributed by atoms with Gasteiger partial charge in [-0.25, -0.2) is 9.18 Å². The van der Waals surface area contributed by atoms with Crippen LogP contribution in [-0.4, -0.2) is 40.9 Å². The van der Waals surface area contributed by atoms with E-state index in [0.717, 1.165) is 62.7 Å². The van der Waals surface area contributed by atoms with Gasteiger partial charge in [-0.05, 0) is 74.0 Å². The van der Waals surface area contributed by atoms with Gasteiger partial charge in [0, 0.05) is 28.4 Å². The molecule has 0 amide bonds. The fourth-order valence-corrected chi connectivity index (χ4v) is 5.56. The standard InChI is InChI=1S/C32H34ClFN4O3/c1-4-25-29(26(38-37-25)18-35-5-2)28-24(33)15-14-23-22(31(36-30(23)28)32(39)40-6-3)10-8-16-41-27-11-7-9-19-17-20(34)12-13-21(19)27/h7,9,11-15,17,35-36H,4-6,8,10,16,18H2,1-3H3,(H,37,38). The molecule has 5 aromatic rings. The Kier molecular flexibility index (Phi) is 8.90. The van der Waals surface area contributed by atoms with Gasteiger partial charge in [0.05, 0.1) is 35.1 Å². The van der Waals surface area contributed by atoms with Gasteiger partial charge in [0.25, 0.3) is 0 Å².